The van der Waals surface area contributed by atoms with Gasteiger partial charge in [0.05, 0.1) is 0 Å². The summed E-state index contributed by atoms with van der Waals surface area (Å²) >= 11 is 0. The van der Waals surface area contributed by atoms with Crippen LogP contribution in [0.4, 0.5) is 0 Å². The van der Waals surface area contributed by atoms with Crippen LogP contribution in [-0.2, 0) is 0 Å². The first kappa shape index (κ1) is 24.7. The average Bonchev–Trinajstić information content (AvgIpc) is 0. The second-order valence-electron chi connectivity index (χ2n) is 0. The predicted octanol–water partition coefficient (Wildman–Crippen LogP) is -1.52. The van der Waals surface area contributed by atoms with Crippen molar-refractivity contribution in [2.45, 2.75) is 0 Å². The van der Waals surface area contributed by atoms with E-state index in [2.05, 4.69) is 0 Å². The van der Waals surface area contributed by atoms with Gasteiger partial charge in [0.25, 0.3) is 0 Å². The van der Waals surface area contributed by atoms with Gasteiger partial charge in [-0.05, 0) is 0 Å². The maximum absolute atomic E-state index is 0. The van der Waals surface area contributed by atoms with Crippen LogP contribution in [0.2, 0.25) is 0 Å². The second kappa shape index (κ2) is 15.8. The topological polar surface area (TPSA) is 0 Å². The van der Waals surface area contributed by atoms with Crippen molar-refractivity contribution < 1.29 is 0 Å². The number of hydrogen-bond donors (Lipinski definition) is 0. The zero-order valence-corrected chi connectivity index (χ0v) is 14.7. The molecule has 17 valence electrons. The first-order valence-corrected chi connectivity index (χ1v) is 0. The second-order valence-corrected chi connectivity index (χ2v) is 0. The van der Waals surface area contributed by atoms with E-state index in [1.165, 1.54) is 0 Å². The normalized spacial score (nSPS) is 0. The Morgan fingerprint density at radius 1 is 0.500 bits per heavy atom. The van der Waals surface area contributed by atoms with Gasteiger partial charge >= 0.3 is 0 Å². The van der Waals surface area contributed by atoms with Crippen LogP contribution in [0.25, 0.3) is 0 Å². The Morgan fingerprint density at radius 2 is 0.500 bits per heavy atom. The molecule has 0 aliphatic rings. The first-order valence-electron chi connectivity index (χ1n) is 0. The molecule has 0 aromatic heterocycles. The van der Waals surface area contributed by atoms with Gasteiger partial charge in [-0.2, -0.15) is 0 Å². The molecule has 0 amide bonds. The monoisotopic (exact) mass is 667 g/mol. The summed E-state index contributed by atoms with van der Waals surface area (Å²) in [6, 6.07) is 0. The molecular weight excluding hydrogens is 667 g/mol. The van der Waals surface area contributed by atoms with E-state index in [0.29, 0.717) is 0 Å². The van der Waals surface area contributed by atoms with Crippen molar-refractivity contribution >= 4 is 116 Å². The molecule has 0 aliphatic heterocycles. The summed E-state index contributed by atoms with van der Waals surface area (Å²) in [4.78, 5) is 0. The molecule has 0 bridgehead atoms. The van der Waals surface area contributed by atoms with Gasteiger partial charge in [-0.15, -0.1) is 0 Å². The van der Waals surface area contributed by atoms with Crippen LogP contribution < -0.4 is 0 Å². The molecule has 0 fully saturated rings. The average molecular weight is 667 g/mol. The molecule has 0 aromatic rings. The van der Waals surface area contributed by atoms with E-state index in [0.717, 1.165) is 0 Å². The van der Waals surface area contributed by atoms with Gasteiger partial charge in [0.1, 0.15) is 0 Å². The standard InChI is InChI=1S/3Bi.Ca. The largest absolute Gasteiger partial charge is 0 e. The molecule has 0 heterocycles. The molecule has 0 aromatic carbocycles. The van der Waals surface area contributed by atoms with Crippen LogP contribution in [-0.4, -0.2) is 116 Å². The number of hydrogen-bond acceptors (Lipinski definition) is 0. The Morgan fingerprint density at radius 3 is 0.500 bits per heavy atom. The molecule has 0 nitrogen and oxygen atoms in total. The Bertz CT molecular complexity index is 3.25. The van der Waals surface area contributed by atoms with Crippen molar-refractivity contribution in [1.82, 2.24) is 0 Å². The van der Waals surface area contributed by atoms with E-state index in [9.17, 15) is 0 Å². The fraction of sp³-hybridized carbons (Fsp3) is 0. The van der Waals surface area contributed by atoms with Gasteiger partial charge in [-0.1, -0.05) is 0 Å². The minimum atomic E-state index is 0. The van der Waals surface area contributed by atoms with Crippen molar-refractivity contribution in [2.24, 2.45) is 0 Å². The molecule has 11 radical (unpaired) electrons. The van der Waals surface area contributed by atoms with Crippen molar-refractivity contribution in [3.63, 3.8) is 0 Å². The summed E-state index contributed by atoms with van der Waals surface area (Å²) < 4.78 is 0. The predicted molar refractivity (Wildman–Crippen MR) is 23.0 cm³/mol. The third-order valence-electron chi connectivity index (χ3n) is 0. The van der Waals surface area contributed by atoms with E-state index in [4.69, 9.17) is 0 Å². The SMILES string of the molecule is [Bi].[Bi].[Bi].[Ca]. The smallest absolute Gasteiger partial charge is 0 e. The minimum Gasteiger partial charge on any atom is 0 e. The zero-order valence-electron chi connectivity index (χ0n) is 2.05. The fourth-order valence-corrected chi connectivity index (χ4v) is 0. The van der Waals surface area contributed by atoms with Gasteiger partial charge in [0.15, 0.2) is 0 Å². The molecule has 0 unspecified atom stereocenters. The molecule has 0 atom stereocenters. The van der Waals surface area contributed by atoms with Crippen LogP contribution in [0.15, 0.2) is 0 Å². The third-order valence-corrected chi connectivity index (χ3v) is 0. The maximum atomic E-state index is 0. The van der Waals surface area contributed by atoms with Gasteiger partial charge in [-0.25, -0.2) is 0 Å². The van der Waals surface area contributed by atoms with Crippen LogP contribution in [0.1, 0.15) is 0 Å². The Hall–Kier alpha value is 3.91. The summed E-state index contributed by atoms with van der Waals surface area (Å²) in [5.41, 5.74) is 0. The molecule has 4 heavy (non-hydrogen) atoms. The Kier molecular flexibility index (Phi) is 97.5. The van der Waals surface area contributed by atoms with Crippen molar-refractivity contribution in [1.29, 1.82) is 0 Å². The van der Waals surface area contributed by atoms with Crippen molar-refractivity contribution in [3.05, 3.63) is 0 Å². The molecule has 4 heteroatoms. The van der Waals surface area contributed by atoms with E-state index < -0.39 is 0 Å². The van der Waals surface area contributed by atoms with E-state index in [1.54, 1.807) is 0 Å². The summed E-state index contributed by atoms with van der Waals surface area (Å²) in [5, 5.41) is 0. The fourth-order valence-electron chi connectivity index (χ4n) is 0. The maximum Gasteiger partial charge on any atom is 0 e. The van der Waals surface area contributed by atoms with Gasteiger partial charge < -0.3 is 0 Å². The zero-order chi connectivity index (χ0) is 0. The van der Waals surface area contributed by atoms with E-state index >= 15 is 0 Å². The summed E-state index contributed by atoms with van der Waals surface area (Å²) in [6.45, 7) is 0. The molecule has 0 N–H and O–H groups in total. The summed E-state index contributed by atoms with van der Waals surface area (Å²) in [6.07, 6.45) is 0. The molecule has 0 saturated heterocycles. The number of rotatable bonds is 0. The molecular formula is Bi3Ca. The Balaban J connectivity index is 0. The van der Waals surface area contributed by atoms with Crippen LogP contribution >= 0.6 is 0 Å². The van der Waals surface area contributed by atoms with Gasteiger partial charge in [0.2, 0.25) is 0 Å². The van der Waals surface area contributed by atoms with Crippen LogP contribution in [0.3, 0.4) is 0 Å². The third kappa shape index (κ3) is 9.32. The summed E-state index contributed by atoms with van der Waals surface area (Å²) in [5.74, 6) is 0. The van der Waals surface area contributed by atoms with Gasteiger partial charge in [0, 0.05) is 116 Å². The molecule has 0 rings (SSSR count). The molecule has 0 saturated carbocycles. The molecule has 0 spiro atoms. The van der Waals surface area contributed by atoms with Crippen molar-refractivity contribution in [2.75, 3.05) is 0 Å². The molecule has 0 aliphatic carbocycles. The van der Waals surface area contributed by atoms with Crippen LogP contribution in [0, 0.1) is 0 Å². The van der Waals surface area contributed by atoms with E-state index in [-0.39, 0.29) is 116 Å². The van der Waals surface area contributed by atoms with Gasteiger partial charge in [-0.3, -0.25) is 0 Å². The summed E-state index contributed by atoms with van der Waals surface area (Å²) in [7, 11) is 0. The quantitative estimate of drug-likeness (QED) is 0.276. The Labute approximate surface area is 113 Å². The van der Waals surface area contributed by atoms with Crippen molar-refractivity contribution in [3.8, 4) is 0 Å². The van der Waals surface area contributed by atoms with E-state index in [1.807, 2.05) is 0 Å². The first-order chi connectivity index (χ1) is 0. The minimum absolute atomic E-state index is 0. The van der Waals surface area contributed by atoms with Crippen LogP contribution in [0.5, 0.6) is 0 Å².